The van der Waals surface area contributed by atoms with Crippen LogP contribution in [-0.4, -0.2) is 16.6 Å². The average Bonchev–Trinajstić information content (AvgIpc) is 2.49. The quantitative estimate of drug-likeness (QED) is 0.816. The van der Waals surface area contributed by atoms with Crippen molar-refractivity contribution in [3.05, 3.63) is 50.5 Å². The first kappa shape index (κ1) is 13.8. The van der Waals surface area contributed by atoms with E-state index < -0.39 is 0 Å². The van der Waals surface area contributed by atoms with Crippen LogP contribution in [-0.2, 0) is 6.42 Å². The molecule has 3 rings (SSSR count). The van der Waals surface area contributed by atoms with Crippen LogP contribution in [0.25, 0.3) is 0 Å². The Morgan fingerprint density at radius 2 is 2.25 bits per heavy atom. The zero-order chi connectivity index (χ0) is 14.1. The van der Waals surface area contributed by atoms with Gasteiger partial charge < -0.3 is 9.72 Å². The van der Waals surface area contributed by atoms with Gasteiger partial charge in [0.25, 0.3) is 0 Å². The van der Waals surface area contributed by atoms with Crippen LogP contribution in [0.3, 0.4) is 0 Å². The second-order valence-electron chi connectivity index (χ2n) is 4.80. The minimum Gasteiger partial charge on any atom is -0.493 e. The number of ether oxygens (including phenoxy) is 1. The third-order valence-electron chi connectivity index (χ3n) is 3.60. The van der Waals surface area contributed by atoms with Gasteiger partial charge in [-0.15, -0.1) is 0 Å². The van der Waals surface area contributed by atoms with Gasteiger partial charge in [0, 0.05) is 17.2 Å². The number of para-hydroxylation sites is 1. The second-order valence-corrected chi connectivity index (χ2v) is 5.98. The van der Waals surface area contributed by atoms with Crippen LogP contribution < -0.4 is 4.74 Å². The Hall–Kier alpha value is -1.20. The van der Waals surface area contributed by atoms with E-state index in [9.17, 15) is 0 Å². The first-order valence-corrected chi connectivity index (χ1v) is 7.91. The maximum Gasteiger partial charge on any atom is 0.144 e. The molecule has 3 nitrogen and oxygen atoms in total. The number of halogens is 1. The number of hydrogen-bond donors (Lipinski definition) is 1. The van der Waals surface area contributed by atoms with Crippen molar-refractivity contribution in [2.24, 2.45) is 0 Å². The fraction of sp³-hybridized carbons (Fsp3) is 0.333. The Kier molecular flexibility index (Phi) is 3.89. The summed E-state index contributed by atoms with van der Waals surface area (Å²) in [4.78, 5) is 7.99. The minimum absolute atomic E-state index is 0.222. The van der Waals surface area contributed by atoms with Gasteiger partial charge in [-0.2, -0.15) is 0 Å². The molecule has 0 bridgehead atoms. The monoisotopic (exact) mass is 350 g/mol. The maximum absolute atomic E-state index is 5.71. The fourth-order valence-corrected chi connectivity index (χ4v) is 3.25. The van der Waals surface area contributed by atoms with Gasteiger partial charge in [0.2, 0.25) is 0 Å². The molecule has 104 valence electrons. The topological polar surface area (TPSA) is 37.9 Å². The minimum atomic E-state index is 0.222. The Morgan fingerprint density at radius 1 is 1.45 bits per heavy atom. The zero-order valence-electron chi connectivity index (χ0n) is 11.1. The van der Waals surface area contributed by atoms with Crippen LogP contribution >= 0.6 is 28.1 Å². The SMILES string of the molecule is CCc1[nH]c(C2CCOc3ccccc32)nc(=S)c1Br. The predicted octanol–water partition coefficient (Wildman–Crippen LogP) is 4.38. The van der Waals surface area contributed by atoms with Crippen LogP contribution in [0.4, 0.5) is 0 Å². The Morgan fingerprint density at radius 3 is 3.05 bits per heavy atom. The van der Waals surface area contributed by atoms with Crippen molar-refractivity contribution >= 4 is 28.1 Å². The largest absolute Gasteiger partial charge is 0.493 e. The zero-order valence-corrected chi connectivity index (χ0v) is 13.6. The van der Waals surface area contributed by atoms with Gasteiger partial charge in [-0.1, -0.05) is 37.3 Å². The third kappa shape index (κ3) is 2.40. The third-order valence-corrected chi connectivity index (χ3v) is 5.01. The lowest BCUT2D eigenvalue weighted by Gasteiger charge is -2.25. The molecule has 0 radical (unpaired) electrons. The molecular weight excluding hydrogens is 336 g/mol. The Balaban J connectivity index is 2.11. The Bertz CT molecular complexity index is 699. The molecule has 1 unspecified atom stereocenters. The van der Waals surface area contributed by atoms with E-state index >= 15 is 0 Å². The van der Waals surface area contributed by atoms with Crippen molar-refractivity contribution in [3.63, 3.8) is 0 Å². The molecule has 1 atom stereocenters. The van der Waals surface area contributed by atoms with E-state index in [1.54, 1.807) is 0 Å². The van der Waals surface area contributed by atoms with Crippen LogP contribution in [0.1, 0.15) is 36.3 Å². The molecule has 0 amide bonds. The molecule has 2 aromatic rings. The number of aryl methyl sites for hydroxylation is 1. The summed E-state index contributed by atoms with van der Waals surface area (Å²) < 4.78 is 7.24. The molecular formula is C15H15BrN2OS. The summed E-state index contributed by atoms with van der Waals surface area (Å²) in [6, 6.07) is 8.14. The van der Waals surface area contributed by atoms with E-state index in [4.69, 9.17) is 17.0 Å². The summed E-state index contributed by atoms with van der Waals surface area (Å²) in [7, 11) is 0. The van der Waals surface area contributed by atoms with E-state index in [1.807, 2.05) is 18.2 Å². The van der Waals surface area contributed by atoms with Gasteiger partial charge in [0.15, 0.2) is 0 Å². The molecule has 1 aromatic heterocycles. The Labute approximate surface area is 131 Å². The number of hydrogen-bond acceptors (Lipinski definition) is 3. The normalized spacial score (nSPS) is 17.4. The van der Waals surface area contributed by atoms with Gasteiger partial charge in [0.05, 0.1) is 11.1 Å². The summed E-state index contributed by atoms with van der Waals surface area (Å²) in [6.07, 6.45) is 1.81. The van der Waals surface area contributed by atoms with Gasteiger partial charge in [-0.3, -0.25) is 0 Å². The number of aromatic nitrogens is 2. The molecule has 1 aliphatic rings. The van der Waals surface area contributed by atoms with E-state index in [-0.39, 0.29) is 5.92 Å². The van der Waals surface area contributed by atoms with Crippen LogP contribution in [0.15, 0.2) is 28.7 Å². The number of H-pyrrole nitrogens is 1. The van der Waals surface area contributed by atoms with Crippen LogP contribution in [0.5, 0.6) is 5.75 Å². The molecule has 1 aromatic carbocycles. The number of nitrogens with zero attached hydrogens (tertiary/aromatic N) is 1. The fourth-order valence-electron chi connectivity index (χ4n) is 2.56. The van der Waals surface area contributed by atoms with E-state index in [0.717, 1.165) is 34.6 Å². The molecule has 0 saturated carbocycles. The lowest BCUT2D eigenvalue weighted by molar-refractivity contribution is 0.274. The summed E-state index contributed by atoms with van der Waals surface area (Å²) in [5.41, 5.74) is 2.28. The highest BCUT2D eigenvalue weighted by Crippen LogP contribution is 2.36. The van der Waals surface area contributed by atoms with Crippen molar-refractivity contribution in [1.82, 2.24) is 9.97 Å². The van der Waals surface area contributed by atoms with E-state index in [0.29, 0.717) is 11.2 Å². The van der Waals surface area contributed by atoms with E-state index in [1.165, 1.54) is 5.56 Å². The molecule has 0 spiro atoms. The molecule has 20 heavy (non-hydrogen) atoms. The molecule has 5 heteroatoms. The van der Waals surface area contributed by atoms with Crippen LogP contribution in [0.2, 0.25) is 0 Å². The van der Waals surface area contributed by atoms with Crippen molar-refractivity contribution in [2.45, 2.75) is 25.7 Å². The molecule has 0 aliphatic carbocycles. The summed E-state index contributed by atoms with van der Waals surface area (Å²) >= 11 is 8.86. The first-order valence-electron chi connectivity index (χ1n) is 6.71. The summed E-state index contributed by atoms with van der Waals surface area (Å²) in [6.45, 7) is 2.81. The number of fused-ring (bicyclic) bond motifs is 1. The first-order chi connectivity index (χ1) is 9.70. The predicted molar refractivity (Wildman–Crippen MR) is 84.9 cm³/mol. The molecule has 1 N–H and O–H groups in total. The van der Waals surface area contributed by atoms with Gasteiger partial charge in [0.1, 0.15) is 16.2 Å². The molecule has 1 aliphatic heterocycles. The van der Waals surface area contributed by atoms with E-state index in [2.05, 4.69) is 38.9 Å². The van der Waals surface area contributed by atoms with Gasteiger partial charge >= 0.3 is 0 Å². The van der Waals surface area contributed by atoms with Crippen molar-refractivity contribution < 1.29 is 4.74 Å². The van der Waals surface area contributed by atoms with Gasteiger partial charge in [-0.25, -0.2) is 4.98 Å². The highest BCUT2D eigenvalue weighted by molar-refractivity contribution is 9.10. The smallest absolute Gasteiger partial charge is 0.144 e. The standard InChI is InChI=1S/C15H15BrN2OS/c1-2-11-13(16)15(20)18-14(17-11)10-7-8-19-12-6-4-3-5-9(10)12/h3-6,10H,2,7-8H2,1H3,(H,17,18,20). The lowest BCUT2D eigenvalue weighted by Crippen LogP contribution is -2.18. The number of benzene rings is 1. The molecule has 0 fully saturated rings. The average molecular weight is 351 g/mol. The van der Waals surface area contributed by atoms with Crippen molar-refractivity contribution in [2.75, 3.05) is 6.61 Å². The molecule has 2 heterocycles. The van der Waals surface area contributed by atoms with Crippen molar-refractivity contribution in [3.8, 4) is 5.75 Å². The summed E-state index contributed by atoms with van der Waals surface area (Å²) in [5.74, 6) is 2.11. The maximum atomic E-state index is 5.71. The summed E-state index contributed by atoms with van der Waals surface area (Å²) in [5, 5.41) is 0. The number of nitrogens with one attached hydrogen (secondary N) is 1. The van der Waals surface area contributed by atoms with Crippen molar-refractivity contribution in [1.29, 1.82) is 0 Å². The highest BCUT2D eigenvalue weighted by atomic mass is 79.9. The molecule has 0 saturated heterocycles. The highest BCUT2D eigenvalue weighted by Gasteiger charge is 2.25. The number of rotatable bonds is 2. The second kappa shape index (κ2) is 5.66. The lowest BCUT2D eigenvalue weighted by atomic mass is 9.92. The van der Waals surface area contributed by atoms with Crippen LogP contribution in [0, 0.1) is 4.64 Å². The van der Waals surface area contributed by atoms with Gasteiger partial charge in [-0.05, 0) is 34.8 Å². The number of aromatic amines is 1.